The lowest BCUT2D eigenvalue weighted by Gasteiger charge is -2.36. The minimum absolute atomic E-state index is 0.777. The number of amidine groups is 1. The average molecular weight is 416 g/mol. The van der Waals surface area contributed by atoms with Crippen molar-refractivity contribution in [3.63, 3.8) is 0 Å². The number of ether oxygens (including phenoxy) is 1. The Morgan fingerprint density at radius 1 is 0.867 bits per heavy atom. The minimum Gasteiger partial charge on any atom is -0.497 e. The summed E-state index contributed by atoms with van der Waals surface area (Å²) in [5.74, 6) is 0.894. The summed E-state index contributed by atoms with van der Waals surface area (Å²) in [4.78, 5) is 11.0. The van der Waals surface area contributed by atoms with Crippen molar-refractivity contribution in [2.45, 2.75) is 0 Å². The van der Waals surface area contributed by atoms with E-state index in [4.69, 9.17) is 9.73 Å². The van der Waals surface area contributed by atoms with Crippen molar-refractivity contribution in [2.24, 2.45) is 4.99 Å². The second-order valence-corrected chi connectivity index (χ2v) is 8.69. The number of thioether (sulfide) groups is 1. The number of anilines is 1. The first kappa shape index (κ1) is 19.1. The first-order valence-electron chi connectivity index (χ1n) is 10.3. The van der Waals surface area contributed by atoms with Crippen LogP contribution >= 0.6 is 11.8 Å². The molecule has 0 amide bonds. The van der Waals surface area contributed by atoms with Gasteiger partial charge in [-0.15, -0.1) is 0 Å². The van der Waals surface area contributed by atoms with Crippen LogP contribution in [0.25, 0.3) is 16.8 Å². The van der Waals surface area contributed by atoms with E-state index in [9.17, 15) is 0 Å². The Labute approximate surface area is 181 Å². The Balaban J connectivity index is 1.22. The number of methoxy groups -OCH3 is 1. The lowest BCUT2D eigenvalue weighted by atomic mass is 10.1. The third-order valence-electron chi connectivity index (χ3n) is 5.66. The standard InChI is InChI=1S/C25H25N3OS/c1-29-23-10-9-20-15-19(7-8-21(20)17-23)16-24-18-26-25(30-24)28-13-11-27(12-14-28)22-5-3-2-4-6-22/h2-10,15-17H,11-14,18H2,1H3. The van der Waals surface area contributed by atoms with E-state index in [0.717, 1.165) is 38.5 Å². The maximum Gasteiger partial charge on any atom is 0.164 e. The fourth-order valence-electron chi connectivity index (χ4n) is 4.01. The molecular weight excluding hydrogens is 390 g/mol. The molecule has 30 heavy (non-hydrogen) atoms. The first-order chi connectivity index (χ1) is 14.8. The van der Waals surface area contributed by atoms with Gasteiger partial charge in [0.05, 0.1) is 13.7 Å². The van der Waals surface area contributed by atoms with E-state index in [1.807, 2.05) is 17.8 Å². The number of piperazine rings is 1. The Morgan fingerprint density at radius 3 is 2.40 bits per heavy atom. The van der Waals surface area contributed by atoms with Crippen LogP contribution in [0.3, 0.4) is 0 Å². The summed E-state index contributed by atoms with van der Waals surface area (Å²) in [5, 5.41) is 3.59. The molecule has 0 bridgehead atoms. The van der Waals surface area contributed by atoms with Gasteiger partial charge in [0.15, 0.2) is 5.17 Å². The Kier molecular flexibility index (Phi) is 5.37. The molecule has 2 heterocycles. The van der Waals surface area contributed by atoms with Gasteiger partial charge in [-0.25, -0.2) is 0 Å². The molecule has 0 radical (unpaired) electrons. The third kappa shape index (κ3) is 4.03. The predicted octanol–water partition coefficient (Wildman–Crippen LogP) is 5.11. The molecule has 2 aliphatic heterocycles. The number of rotatable bonds is 3. The summed E-state index contributed by atoms with van der Waals surface area (Å²) >= 11 is 1.82. The molecule has 0 aromatic heterocycles. The van der Waals surface area contributed by atoms with Gasteiger partial charge in [0, 0.05) is 36.8 Å². The highest BCUT2D eigenvalue weighted by Gasteiger charge is 2.24. The SMILES string of the molecule is COc1ccc2cc(C=C3CN=C(N4CCN(c5ccccc5)CC4)S3)ccc2c1. The van der Waals surface area contributed by atoms with Crippen molar-refractivity contribution in [1.82, 2.24) is 4.90 Å². The summed E-state index contributed by atoms with van der Waals surface area (Å²) in [6.07, 6.45) is 2.27. The Bertz CT molecular complexity index is 1100. The van der Waals surface area contributed by atoms with E-state index in [2.05, 4.69) is 76.5 Å². The quantitative estimate of drug-likeness (QED) is 0.594. The number of hydrogen-bond donors (Lipinski definition) is 0. The van der Waals surface area contributed by atoms with Crippen LogP contribution in [0, 0.1) is 0 Å². The van der Waals surface area contributed by atoms with Crippen molar-refractivity contribution in [1.29, 1.82) is 0 Å². The van der Waals surface area contributed by atoms with Crippen LogP contribution in [0.1, 0.15) is 5.56 Å². The molecule has 0 atom stereocenters. The molecular formula is C25H25N3OS. The lowest BCUT2D eigenvalue weighted by molar-refractivity contribution is 0.392. The molecule has 0 saturated carbocycles. The van der Waals surface area contributed by atoms with Gasteiger partial charge in [-0.05, 0) is 52.7 Å². The van der Waals surface area contributed by atoms with Crippen LogP contribution in [-0.2, 0) is 0 Å². The molecule has 1 fully saturated rings. The monoisotopic (exact) mass is 415 g/mol. The number of fused-ring (bicyclic) bond motifs is 1. The molecule has 3 aromatic carbocycles. The van der Waals surface area contributed by atoms with Crippen molar-refractivity contribution >= 4 is 39.5 Å². The second-order valence-electron chi connectivity index (χ2n) is 7.59. The van der Waals surface area contributed by atoms with Crippen LogP contribution in [-0.4, -0.2) is 49.9 Å². The van der Waals surface area contributed by atoms with Gasteiger partial charge >= 0.3 is 0 Å². The molecule has 152 valence electrons. The number of para-hydroxylation sites is 1. The molecule has 0 N–H and O–H groups in total. The smallest absolute Gasteiger partial charge is 0.164 e. The molecule has 4 nitrogen and oxygen atoms in total. The van der Waals surface area contributed by atoms with Crippen LogP contribution in [0.15, 0.2) is 76.6 Å². The van der Waals surface area contributed by atoms with Gasteiger partial charge in [-0.2, -0.15) is 0 Å². The lowest BCUT2D eigenvalue weighted by Crippen LogP contribution is -2.47. The van der Waals surface area contributed by atoms with Crippen molar-refractivity contribution < 1.29 is 4.74 Å². The van der Waals surface area contributed by atoms with E-state index < -0.39 is 0 Å². The van der Waals surface area contributed by atoms with E-state index >= 15 is 0 Å². The maximum atomic E-state index is 5.32. The van der Waals surface area contributed by atoms with Gasteiger partial charge in [0.25, 0.3) is 0 Å². The van der Waals surface area contributed by atoms with Crippen molar-refractivity contribution in [3.8, 4) is 5.75 Å². The number of benzene rings is 3. The van der Waals surface area contributed by atoms with E-state index in [0.29, 0.717) is 0 Å². The largest absolute Gasteiger partial charge is 0.497 e. The summed E-state index contributed by atoms with van der Waals surface area (Å²) in [6, 6.07) is 23.5. The molecule has 5 heteroatoms. The van der Waals surface area contributed by atoms with E-state index in [1.54, 1.807) is 7.11 Å². The van der Waals surface area contributed by atoms with Crippen LogP contribution in [0.2, 0.25) is 0 Å². The van der Waals surface area contributed by atoms with Crippen LogP contribution in [0.4, 0.5) is 5.69 Å². The molecule has 3 aromatic rings. The topological polar surface area (TPSA) is 28.1 Å². The normalized spacial score (nSPS) is 18.2. The molecule has 1 saturated heterocycles. The summed E-state index contributed by atoms with van der Waals surface area (Å²) in [6.45, 7) is 4.89. The highest BCUT2D eigenvalue weighted by atomic mass is 32.2. The minimum atomic E-state index is 0.777. The summed E-state index contributed by atoms with van der Waals surface area (Å²) in [7, 11) is 1.70. The Hall–Kier alpha value is -2.92. The number of aliphatic imine (C=N–C) groups is 1. The van der Waals surface area contributed by atoms with Crippen molar-refractivity contribution in [3.05, 3.63) is 77.2 Å². The molecule has 0 aliphatic carbocycles. The predicted molar refractivity (Wildman–Crippen MR) is 129 cm³/mol. The van der Waals surface area contributed by atoms with Gasteiger partial charge in [0.2, 0.25) is 0 Å². The summed E-state index contributed by atoms with van der Waals surface area (Å²) < 4.78 is 5.32. The van der Waals surface area contributed by atoms with Gasteiger partial charge < -0.3 is 14.5 Å². The molecule has 5 rings (SSSR count). The zero-order valence-electron chi connectivity index (χ0n) is 17.1. The zero-order valence-corrected chi connectivity index (χ0v) is 17.9. The van der Waals surface area contributed by atoms with Gasteiger partial charge in [-0.1, -0.05) is 48.2 Å². The highest BCUT2D eigenvalue weighted by molar-refractivity contribution is 8.17. The highest BCUT2D eigenvalue weighted by Crippen LogP contribution is 2.31. The third-order valence-corrected chi connectivity index (χ3v) is 6.74. The maximum absolute atomic E-state index is 5.32. The van der Waals surface area contributed by atoms with Crippen molar-refractivity contribution in [2.75, 3.05) is 44.7 Å². The molecule has 2 aliphatic rings. The summed E-state index contributed by atoms with van der Waals surface area (Å²) in [5.41, 5.74) is 2.54. The second kappa shape index (κ2) is 8.44. The number of hydrogen-bond acceptors (Lipinski definition) is 5. The average Bonchev–Trinajstić information content (AvgIpc) is 3.28. The first-order valence-corrected chi connectivity index (χ1v) is 11.2. The fraction of sp³-hybridized carbons (Fsp3) is 0.240. The van der Waals surface area contributed by atoms with Gasteiger partial charge in [-0.3, -0.25) is 4.99 Å². The van der Waals surface area contributed by atoms with Crippen LogP contribution < -0.4 is 9.64 Å². The molecule has 0 spiro atoms. The number of nitrogens with zero attached hydrogens (tertiary/aromatic N) is 3. The van der Waals surface area contributed by atoms with E-state index in [1.165, 1.54) is 32.1 Å². The van der Waals surface area contributed by atoms with E-state index in [-0.39, 0.29) is 0 Å². The Morgan fingerprint density at radius 2 is 1.60 bits per heavy atom. The van der Waals surface area contributed by atoms with Crippen LogP contribution in [0.5, 0.6) is 5.75 Å². The fourth-order valence-corrected chi connectivity index (χ4v) is 5.01. The van der Waals surface area contributed by atoms with Gasteiger partial charge in [0.1, 0.15) is 5.75 Å². The molecule has 0 unspecified atom stereocenters. The zero-order chi connectivity index (χ0) is 20.3.